The van der Waals surface area contributed by atoms with Gasteiger partial charge < -0.3 is 5.32 Å². The molecule has 0 bridgehead atoms. The van der Waals surface area contributed by atoms with Crippen LogP contribution in [0.15, 0.2) is 67.0 Å². The van der Waals surface area contributed by atoms with Crippen molar-refractivity contribution in [3.05, 3.63) is 72.8 Å². The Morgan fingerprint density at radius 1 is 1.03 bits per heavy atom. The van der Waals surface area contributed by atoms with Crippen LogP contribution in [0.4, 0.5) is 5.69 Å². The van der Waals surface area contributed by atoms with E-state index in [-0.39, 0.29) is 5.91 Å². The molecule has 1 aliphatic rings. The van der Waals surface area contributed by atoms with Crippen molar-refractivity contribution in [1.82, 2.24) is 25.1 Å². The molecule has 1 amide bonds. The number of benzene rings is 2. The first kappa shape index (κ1) is 19.4. The van der Waals surface area contributed by atoms with Crippen LogP contribution in [0.5, 0.6) is 0 Å². The minimum atomic E-state index is 0.0226. The molecule has 4 aromatic rings. The average molecular weight is 412 g/mol. The van der Waals surface area contributed by atoms with E-state index in [9.17, 15) is 4.79 Å². The van der Waals surface area contributed by atoms with Gasteiger partial charge >= 0.3 is 0 Å². The summed E-state index contributed by atoms with van der Waals surface area (Å²) in [7, 11) is 0. The van der Waals surface area contributed by atoms with E-state index in [2.05, 4.69) is 42.5 Å². The quantitative estimate of drug-likeness (QED) is 0.520. The predicted octanol–water partition coefficient (Wildman–Crippen LogP) is 3.84. The van der Waals surface area contributed by atoms with Gasteiger partial charge in [0.15, 0.2) is 5.82 Å². The number of aromatic nitrogens is 4. The number of anilines is 1. The molecule has 0 unspecified atom stereocenters. The van der Waals surface area contributed by atoms with E-state index in [0.29, 0.717) is 18.3 Å². The summed E-state index contributed by atoms with van der Waals surface area (Å²) >= 11 is 0. The van der Waals surface area contributed by atoms with Crippen LogP contribution in [0.3, 0.4) is 0 Å². The maximum absolute atomic E-state index is 12.6. The third-order valence-corrected chi connectivity index (χ3v) is 5.85. The average Bonchev–Trinajstić information content (AvgIpc) is 3.31. The van der Waals surface area contributed by atoms with Gasteiger partial charge in [0.05, 0.1) is 6.54 Å². The Kier molecular flexibility index (Phi) is 5.41. The third kappa shape index (κ3) is 4.32. The Hall–Kier alpha value is -3.58. The second-order valence-corrected chi connectivity index (χ2v) is 7.91. The second kappa shape index (κ2) is 8.65. The van der Waals surface area contributed by atoms with E-state index < -0.39 is 0 Å². The fourth-order valence-corrected chi connectivity index (χ4v) is 4.18. The number of likely N-dealkylation sites (tertiary alicyclic amines) is 1. The standard InChI is InChI=1S/C24H24N6O/c31-22(26-21-7-3-5-17-4-1-2-6-20(17)21)16-30-14-10-19(11-15-30)24-27-23(28-29-24)18-8-12-25-13-9-18/h1-9,12-13,19H,10-11,14-16H2,(H,26,31)(H,27,28,29). The van der Waals surface area contributed by atoms with Crippen LogP contribution in [0.1, 0.15) is 24.6 Å². The molecule has 0 aliphatic carbocycles. The molecule has 7 nitrogen and oxygen atoms in total. The Labute approximate surface area is 180 Å². The number of carbonyl (C=O) groups is 1. The lowest BCUT2D eigenvalue weighted by atomic mass is 9.96. The van der Waals surface area contributed by atoms with Gasteiger partial charge in [-0.3, -0.25) is 19.8 Å². The van der Waals surface area contributed by atoms with E-state index in [4.69, 9.17) is 0 Å². The number of hydrogen-bond acceptors (Lipinski definition) is 5. The first-order chi connectivity index (χ1) is 15.3. The number of carbonyl (C=O) groups excluding carboxylic acids is 1. The van der Waals surface area contributed by atoms with Crippen molar-refractivity contribution in [1.29, 1.82) is 0 Å². The summed E-state index contributed by atoms with van der Waals surface area (Å²) in [6.45, 7) is 2.12. The lowest BCUT2D eigenvalue weighted by Gasteiger charge is -2.30. The number of piperidine rings is 1. The molecule has 0 radical (unpaired) electrons. The molecule has 7 heteroatoms. The second-order valence-electron chi connectivity index (χ2n) is 7.91. The highest BCUT2D eigenvalue weighted by Gasteiger charge is 2.24. The molecule has 2 N–H and O–H groups in total. The summed E-state index contributed by atoms with van der Waals surface area (Å²) in [4.78, 5) is 23.6. The van der Waals surface area contributed by atoms with Crippen molar-refractivity contribution < 1.29 is 4.79 Å². The Morgan fingerprint density at radius 2 is 1.81 bits per heavy atom. The fourth-order valence-electron chi connectivity index (χ4n) is 4.18. The summed E-state index contributed by atoms with van der Waals surface area (Å²) in [5, 5.41) is 12.7. The smallest absolute Gasteiger partial charge is 0.238 e. The topological polar surface area (TPSA) is 86.8 Å². The molecule has 1 saturated heterocycles. The van der Waals surface area contributed by atoms with E-state index in [1.807, 2.05) is 42.5 Å². The number of H-pyrrole nitrogens is 1. The van der Waals surface area contributed by atoms with Crippen LogP contribution in [-0.2, 0) is 4.79 Å². The van der Waals surface area contributed by atoms with Crippen LogP contribution in [-0.4, -0.2) is 50.6 Å². The minimum absolute atomic E-state index is 0.0226. The van der Waals surface area contributed by atoms with E-state index in [1.165, 1.54) is 0 Å². The van der Waals surface area contributed by atoms with Crippen molar-refractivity contribution in [2.75, 3.05) is 25.0 Å². The molecule has 0 saturated carbocycles. The maximum Gasteiger partial charge on any atom is 0.238 e. The zero-order chi connectivity index (χ0) is 21.0. The van der Waals surface area contributed by atoms with Crippen LogP contribution in [0, 0.1) is 0 Å². The van der Waals surface area contributed by atoms with Crippen molar-refractivity contribution in [3.8, 4) is 11.4 Å². The minimum Gasteiger partial charge on any atom is -0.324 e. The van der Waals surface area contributed by atoms with Crippen LogP contribution in [0.2, 0.25) is 0 Å². The molecule has 156 valence electrons. The van der Waals surface area contributed by atoms with E-state index in [1.54, 1.807) is 12.4 Å². The molecule has 0 atom stereocenters. The monoisotopic (exact) mass is 412 g/mol. The van der Waals surface area contributed by atoms with Crippen molar-refractivity contribution in [2.45, 2.75) is 18.8 Å². The first-order valence-electron chi connectivity index (χ1n) is 10.6. The highest BCUT2D eigenvalue weighted by molar-refractivity contribution is 6.02. The molecule has 1 fully saturated rings. The predicted molar refractivity (Wildman–Crippen MR) is 121 cm³/mol. The highest BCUT2D eigenvalue weighted by atomic mass is 16.2. The van der Waals surface area contributed by atoms with Gasteiger partial charge in [-0.15, -0.1) is 0 Å². The van der Waals surface area contributed by atoms with E-state index in [0.717, 1.165) is 53.8 Å². The summed E-state index contributed by atoms with van der Waals surface area (Å²) in [5.41, 5.74) is 1.82. The number of aromatic amines is 1. The Morgan fingerprint density at radius 3 is 2.65 bits per heavy atom. The van der Waals surface area contributed by atoms with Gasteiger partial charge in [0.25, 0.3) is 0 Å². The van der Waals surface area contributed by atoms with Gasteiger partial charge in [-0.1, -0.05) is 36.4 Å². The number of nitrogens with one attached hydrogen (secondary N) is 2. The normalized spacial score (nSPS) is 15.2. The lowest BCUT2D eigenvalue weighted by Crippen LogP contribution is -2.38. The molecule has 1 aliphatic heterocycles. The highest BCUT2D eigenvalue weighted by Crippen LogP contribution is 2.27. The molecule has 0 spiro atoms. The van der Waals surface area contributed by atoms with Crippen molar-refractivity contribution in [3.63, 3.8) is 0 Å². The number of fused-ring (bicyclic) bond motifs is 1. The van der Waals surface area contributed by atoms with Crippen LogP contribution in [0.25, 0.3) is 22.2 Å². The van der Waals surface area contributed by atoms with Gasteiger partial charge in [0.1, 0.15) is 5.82 Å². The lowest BCUT2D eigenvalue weighted by molar-refractivity contribution is -0.117. The summed E-state index contributed by atoms with van der Waals surface area (Å²) in [5.74, 6) is 1.98. The largest absolute Gasteiger partial charge is 0.324 e. The number of nitrogens with zero attached hydrogens (tertiary/aromatic N) is 4. The Balaban J connectivity index is 1.17. The van der Waals surface area contributed by atoms with Gasteiger partial charge in [0, 0.05) is 34.9 Å². The number of amides is 1. The summed E-state index contributed by atoms with van der Waals surface area (Å²) < 4.78 is 0. The van der Waals surface area contributed by atoms with Crippen molar-refractivity contribution in [2.24, 2.45) is 0 Å². The molecule has 5 rings (SSSR count). The first-order valence-corrected chi connectivity index (χ1v) is 10.6. The van der Waals surface area contributed by atoms with Gasteiger partial charge in [-0.2, -0.15) is 5.10 Å². The molecule has 31 heavy (non-hydrogen) atoms. The molecule has 2 aromatic heterocycles. The fraction of sp³-hybridized carbons (Fsp3) is 0.250. The number of pyridine rings is 1. The van der Waals surface area contributed by atoms with Gasteiger partial charge in [-0.25, -0.2) is 4.98 Å². The van der Waals surface area contributed by atoms with Crippen LogP contribution < -0.4 is 5.32 Å². The number of hydrogen-bond donors (Lipinski definition) is 2. The van der Waals surface area contributed by atoms with Gasteiger partial charge in [0.2, 0.25) is 5.91 Å². The SMILES string of the molecule is O=C(CN1CCC(c2nc(-c3ccncc3)n[nH]2)CC1)Nc1cccc2ccccc12. The molecule has 3 heterocycles. The van der Waals surface area contributed by atoms with Gasteiger partial charge in [-0.05, 0) is 49.5 Å². The summed E-state index contributed by atoms with van der Waals surface area (Å²) in [6, 6.07) is 17.9. The third-order valence-electron chi connectivity index (χ3n) is 5.85. The molecule has 2 aromatic carbocycles. The van der Waals surface area contributed by atoms with Crippen molar-refractivity contribution >= 4 is 22.4 Å². The zero-order valence-electron chi connectivity index (χ0n) is 17.2. The maximum atomic E-state index is 12.6. The molecular formula is C24H24N6O. The van der Waals surface area contributed by atoms with Crippen LogP contribution >= 0.6 is 0 Å². The molecular weight excluding hydrogens is 388 g/mol. The van der Waals surface area contributed by atoms with E-state index >= 15 is 0 Å². The number of rotatable bonds is 5. The summed E-state index contributed by atoms with van der Waals surface area (Å²) in [6.07, 6.45) is 5.39. The zero-order valence-corrected chi connectivity index (χ0v) is 17.2. The Bertz CT molecular complexity index is 1180.